The van der Waals surface area contributed by atoms with Crippen LogP contribution in [0.25, 0.3) is 16.7 Å². The minimum Gasteiger partial charge on any atom is -0.487 e. The quantitative estimate of drug-likeness (QED) is 0.372. The van der Waals surface area contributed by atoms with Crippen LogP contribution in [0.2, 0.25) is 0 Å². The fourth-order valence-corrected chi connectivity index (χ4v) is 4.51. The summed E-state index contributed by atoms with van der Waals surface area (Å²) < 4.78 is 13.8. The normalized spacial score (nSPS) is 14.6. The lowest BCUT2D eigenvalue weighted by atomic mass is 9.96. The number of rotatable bonds is 5. The minimum absolute atomic E-state index is 0.0224. The topological polar surface area (TPSA) is 72.9 Å². The van der Waals surface area contributed by atoms with Crippen LogP contribution < -0.4 is 4.74 Å². The van der Waals surface area contributed by atoms with Crippen molar-refractivity contribution in [1.29, 1.82) is 0 Å². The monoisotopic (exact) mass is 452 g/mol. The third-order valence-electron chi connectivity index (χ3n) is 6.32. The Balaban J connectivity index is 1.09. The van der Waals surface area contributed by atoms with Gasteiger partial charge in [0.15, 0.2) is 11.5 Å². The average molecular weight is 453 g/mol. The number of hydrogen-bond acceptors (Lipinski definition) is 5. The summed E-state index contributed by atoms with van der Waals surface area (Å²) in [5.74, 6) is 1.69. The van der Waals surface area contributed by atoms with E-state index in [2.05, 4.69) is 9.97 Å². The maximum Gasteiger partial charge on any atom is 0.253 e. The lowest BCUT2D eigenvalue weighted by Gasteiger charge is -2.30. The van der Waals surface area contributed by atoms with Crippen LogP contribution in [0.1, 0.15) is 40.7 Å². The summed E-state index contributed by atoms with van der Waals surface area (Å²) >= 11 is 0. The van der Waals surface area contributed by atoms with E-state index in [0.717, 1.165) is 41.2 Å². The van der Waals surface area contributed by atoms with Crippen LogP contribution >= 0.6 is 0 Å². The number of fused-ring (bicyclic) bond motifs is 2. The van der Waals surface area contributed by atoms with Crippen molar-refractivity contribution in [2.75, 3.05) is 13.1 Å². The molecule has 1 aliphatic heterocycles. The van der Waals surface area contributed by atoms with Crippen LogP contribution in [0.5, 0.6) is 5.75 Å². The summed E-state index contributed by atoms with van der Waals surface area (Å²) in [4.78, 5) is 24.2. The van der Waals surface area contributed by atoms with E-state index in [0.29, 0.717) is 31.0 Å². The third-order valence-corrected chi connectivity index (χ3v) is 6.32. The molecule has 0 saturated carbocycles. The van der Waals surface area contributed by atoms with Gasteiger partial charge in [-0.15, -0.1) is 0 Å². The molecule has 1 fully saturated rings. The average Bonchev–Trinajstić information content (AvgIpc) is 3.51. The molecule has 34 heavy (non-hydrogen) atoms. The lowest BCUT2D eigenvalue weighted by molar-refractivity contribution is 0.0706. The Bertz CT molecular complexity index is 1400. The number of pyridine rings is 1. The summed E-state index contributed by atoms with van der Waals surface area (Å²) in [7, 11) is 0. The molecule has 0 N–H and O–H groups in total. The molecule has 0 spiro atoms. The molecular weight excluding hydrogens is 428 g/mol. The van der Waals surface area contributed by atoms with Crippen LogP contribution in [0.15, 0.2) is 83.5 Å². The van der Waals surface area contributed by atoms with Crippen LogP contribution in [0.4, 0.5) is 0 Å². The number of ether oxygens (including phenoxy) is 1. The predicted molar refractivity (Wildman–Crippen MR) is 128 cm³/mol. The summed E-state index contributed by atoms with van der Waals surface area (Å²) in [6.07, 6.45) is 5.58. The van der Waals surface area contributed by atoms with Gasteiger partial charge in [-0.2, -0.15) is 0 Å². The van der Waals surface area contributed by atoms with Gasteiger partial charge in [0.05, 0.1) is 5.69 Å². The number of amides is 1. The second-order valence-corrected chi connectivity index (χ2v) is 8.60. The molecule has 0 radical (unpaired) electrons. The second kappa shape index (κ2) is 8.67. The molecule has 4 heterocycles. The van der Waals surface area contributed by atoms with Gasteiger partial charge in [-0.1, -0.05) is 24.3 Å². The molecule has 0 atom stereocenters. The Morgan fingerprint density at radius 1 is 1.00 bits per heavy atom. The largest absolute Gasteiger partial charge is 0.487 e. The van der Waals surface area contributed by atoms with Gasteiger partial charge in [0.1, 0.15) is 23.5 Å². The van der Waals surface area contributed by atoms with Gasteiger partial charge in [0.2, 0.25) is 0 Å². The molecule has 0 bridgehead atoms. The van der Waals surface area contributed by atoms with E-state index in [-0.39, 0.29) is 11.8 Å². The first-order chi connectivity index (χ1) is 16.7. The molecular formula is C27H24N4O3. The van der Waals surface area contributed by atoms with Gasteiger partial charge in [-0.05, 0) is 55.3 Å². The molecule has 170 valence electrons. The summed E-state index contributed by atoms with van der Waals surface area (Å²) in [5, 5.41) is 0. The van der Waals surface area contributed by atoms with Crippen molar-refractivity contribution in [3.63, 3.8) is 0 Å². The second-order valence-electron chi connectivity index (χ2n) is 8.60. The molecule has 0 aliphatic carbocycles. The highest BCUT2D eigenvalue weighted by atomic mass is 16.5. The zero-order valence-corrected chi connectivity index (χ0v) is 18.6. The lowest BCUT2D eigenvalue weighted by Crippen LogP contribution is -2.38. The number of likely N-dealkylation sites (tertiary alicyclic amines) is 1. The Hall–Kier alpha value is -4.13. The molecule has 2 aromatic carbocycles. The molecule has 6 rings (SSSR count). The molecule has 0 unspecified atom stereocenters. The Kier molecular flexibility index (Phi) is 5.22. The van der Waals surface area contributed by atoms with E-state index in [1.54, 1.807) is 0 Å². The molecule has 1 aliphatic rings. The number of oxazole rings is 1. The zero-order valence-electron chi connectivity index (χ0n) is 18.6. The number of aromatic nitrogens is 3. The fourth-order valence-electron chi connectivity index (χ4n) is 4.51. The van der Waals surface area contributed by atoms with Crippen molar-refractivity contribution >= 4 is 22.7 Å². The van der Waals surface area contributed by atoms with Crippen molar-refractivity contribution in [3.05, 3.63) is 96.3 Å². The Labute approximate surface area is 196 Å². The number of piperidine rings is 1. The van der Waals surface area contributed by atoms with Crippen LogP contribution in [-0.4, -0.2) is 38.3 Å². The van der Waals surface area contributed by atoms with Crippen molar-refractivity contribution < 1.29 is 13.9 Å². The van der Waals surface area contributed by atoms with E-state index in [1.165, 1.54) is 0 Å². The number of nitrogens with zero attached hydrogens (tertiary/aromatic N) is 4. The van der Waals surface area contributed by atoms with Crippen molar-refractivity contribution in [3.8, 4) is 5.75 Å². The van der Waals surface area contributed by atoms with Crippen LogP contribution in [0.3, 0.4) is 0 Å². The van der Waals surface area contributed by atoms with Crippen molar-refractivity contribution in [2.24, 2.45) is 0 Å². The minimum atomic E-state index is 0.0224. The first-order valence-electron chi connectivity index (χ1n) is 11.5. The van der Waals surface area contributed by atoms with Gasteiger partial charge in [0.25, 0.3) is 5.91 Å². The number of hydrogen-bond donors (Lipinski definition) is 0. The highest BCUT2D eigenvalue weighted by molar-refractivity contribution is 5.94. The maximum absolute atomic E-state index is 13.1. The van der Waals surface area contributed by atoms with Gasteiger partial charge >= 0.3 is 0 Å². The predicted octanol–water partition coefficient (Wildman–Crippen LogP) is 5.07. The first kappa shape index (κ1) is 20.5. The number of para-hydroxylation sites is 2. The molecule has 7 nitrogen and oxygen atoms in total. The van der Waals surface area contributed by atoms with E-state index < -0.39 is 0 Å². The number of benzene rings is 2. The standard InChI is InChI=1S/C27H24N4O3/c32-27(30-14-11-19(12-15-30)26-29-23-8-1-2-9-24(23)34-26)20-6-5-7-22(16-20)33-18-21-17-31-13-4-3-10-25(31)28-21/h1-10,13,16-17,19H,11-12,14-15,18H2. The van der Waals surface area contributed by atoms with Gasteiger partial charge in [-0.3, -0.25) is 4.79 Å². The molecule has 1 saturated heterocycles. The number of imidazole rings is 1. The van der Waals surface area contributed by atoms with Crippen LogP contribution in [0, 0.1) is 0 Å². The summed E-state index contributed by atoms with van der Waals surface area (Å²) in [5.41, 5.74) is 4.05. The highest BCUT2D eigenvalue weighted by Crippen LogP contribution is 2.30. The Morgan fingerprint density at radius 2 is 1.85 bits per heavy atom. The van der Waals surface area contributed by atoms with Crippen LogP contribution in [-0.2, 0) is 6.61 Å². The van der Waals surface area contributed by atoms with Crippen molar-refractivity contribution in [2.45, 2.75) is 25.4 Å². The van der Waals surface area contributed by atoms with E-state index >= 15 is 0 Å². The van der Waals surface area contributed by atoms with Crippen molar-refractivity contribution in [1.82, 2.24) is 19.3 Å². The molecule has 3 aromatic heterocycles. The van der Waals surface area contributed by atoms with E-state index in [4.69, 9.17) is 9.15 Å². The number of carbonyl (C=O) groups is 1. The Morgan fingerprint density at radius 3 is 2.71 bits per heavy atom. The molecule has 7 heteroatoms. The maximum atomic E-state index is 13.1. The third kappa shape index (κ3) is 4.01. The van der Waals surface area contributed by atoms with Gasteiger partial charge in [-0.25, -0.2) is 9.97 Å². The summed E-state index contributed by atoms with van der Waals surface area (Å²) in [6, 6.07) is 21.1. The zero-order chi connectivity index (χ0) is 22.9. The first-order valence-corrected chi connectivity index (χ1v) is 11.5. The van der Waals surface area contributed by atoms with E-state index in [9.17, 15) is 4.79 Å². The number of carbonyl (C=O) groups excluding carboxylic acids is 1. The molecule has 5 aromatic rings. The van der Waals surface area contributed by atoms with Gasteiger partial charge < -0.3 is 18.5 Å². The highest BCUT2D eigenvalue weighted by Gasteiger charge is 2.27. The van der Waals surface area contributed by atoms with E-state index in [1.807, 2.05) is 88.4 Å². The smallest absolute Gasteiger partial charge is 0.253 e. The summed E-state index contributed by atoms with van der Waals surface area (Å²) in [6.45, 7) is 1.69. The SMILES string of the molecule is O=C(c1cccc(OCc2cn3ccccc3n2)c1)N1CCC(c2nc3ccccc3o2)CC1. The molecule has 1 amide bonds. The van der Waals surface area contributed by atoms with Gasteiger partial charge in [0, 0.05) is 37.0 Å². The fraction of sp³-hybridized carbons (Fsp3) is 0.222.